The third-order valence-electron chi connectivity index (χ3n) is 3.38. The molecule has 1 aliphatic heterocycles. The largest absolute Gasteiger partial charge is 0.399 e. The summed E-state index contributed by atoms with van der Waals surface area (Å²) in [4.78, 5) is 23.8. The molecule has 0 saturated carbocycles. The minimum absolute atomic E-state index is 0.187. The second-order valence-electron chi connectivity index (χ2n) is 6.41. The van der Waals surface area contributed by atoms with Gasteiger partial charge in [-0.15, -0.1) is 5.06 Å². The van der Waals surface area contributed by atoms with Gasteiger partial charge in [-0.3, -0.25) is 9.88 Å². The quantitative estimate of drug-likeness (QED) is 0.905. The lowest BCUT2D eigenvalue weighted by atomic mass is 9.98. The highest BCUT2D eigenvalue weighted by molar-refractivity contribution is 5.75. The van der Waals surface area contributed by atoms with Crippen molar-refractivity contribution in [1.29, 1.82) is 0 Å². The summed E-state index contributed by atoms with van der Waals surface area (Å²) < 4.78 is 0. The van der Waals surface area contributed by atoms with Gasteiger partial charge in [0.15, 0.2) is 0 Å². The molecule has 6 nitrogen and oxygen atoms in total. The predicted octanol–water partition coefficient (Wildman–Crippen LogP) is 1.29. The van der Waals surface area contributed by atoms with E-state index in [9.17, 15) is 4.79 Å². The molecule has 6 heteroatoms. The Kier molecular flexibility index (Phi) is 4.80. The molecule has 2 rings (SSSR count). The average Bonchev–Trinajstić information content (AvgIpc) is 2.40. The van der Waals surface area contributed by atoms with Gasteiger partial charge in [0.25, 0.3) is 0 Å². The first-order valence-corrected chi connectivity index (χ1v) is 7.25. The Balaban J connectivity index is 1.80. The highest BCUT2D eigenvalue weighted by Gasteiger charge is 2.27. The monoisotopic (exact) mass is 292 g/mol. The van der Waals surface area contributed by atoms with Crippen molar-refractivity contribution in [2.75, 3.05) is 31.9 Å². The van der Waals surface area contributed by atoms with Crippen molar-refractivity contribution in [3.8, 4) is 0 Å². The molecule has 0 aliphatic carbocycles. The lowest BCUT2D eigenvalue weighted by molar-refractivity contribution is -0.207. The summed E-state index contributed by atoms with van der Waals surface area (Å²) in [6.07, 6.45) is 1.73. The second kappa shape index (κ2) is 6.41. The van der Waals surface area contributed by atoms with Gasteiger partial charge in [0.05, 0.1) is 11.1 Å². The third kappa shape index (κ3) is 4.68. The van der Waals surface area contributed by atoms with Gasteiger partial charge in [-0.05, 0) is 32.9 Å². The molecular weight excluding hydrogens is 268 g/mol. The molecule has 2 heterocycles. The van der Waals surface area contributed by atoms with Crippen LogP contribution in [0.1, 0.15) is 26.5 Å². The van der Waals surface area contributed by atoms with E-state index < -0.39 is 5.41 Å². The van der Waals surface area contributed by atoms with Crippen molar-refractivity contribution < 1.29 is 9.63 Å². The van der Waals surface area contributed by atoms with Gasteiger partial charge >= 0.3 is 5.97 Å². The Bertz CT molecular complexity index is 491. The molecule has 21 heavy (non-hydrogen) atoms. The van der Waals surface area contributed by atoms with Gasteiger partial charge in [0, 0.05) is 44.6 Å². The van der Waals surface area contributed by atoms with E-state index in [4.69, 9.17) is 10.6 Å². The lowest BCUT2D eigenvalue weighted by Gasteiger charge is -2.34. The summed E-state index contributed by atoms with van der Waals surface area (Å²) in [6.45, 7) is 9.45. The Labute approximate surface area is 125 Å². The molecule has 2 N–H and O–H groups in total. The summed E-state index contributed by atoms with van der Waals surface area (Å²) in [5.74, 6) is -0.187. The van der Waals surface area contributed by atoms with Crippen LogP contribution < -0.4 is 5.73 Å². The van der Waals surface area contributed by atoms with E-state index in [1.165, 1.54) is 0 Å². The highest BCUT2D eigenvalue weighted by Crippen LogP contribution is 2.17. The summed E-state index contributed by atoms with van der Waals surface area (Å²) in [5.41, 5.74) is 6.99. The molecule has 0 radical (unpaired) electrons. The van der Waals surface area contributed by atoms with Crippen molar-refractivity contribution in [3.05, 3.63) is 24.0 Å². The number of hydrogen-bond donors (Lipinski definition) is 1. The SMILES string of the molecule is CC(C)(C)C(=O)ON1CCN(Cc2cc(N)ccn2)CC1. The number of hydrogen-bond acceptors (Lipinski definition) is 6. The molecule has 0 atom stereocenters. The highest BCUT2D eigenvalue weighted by atomic mass is 16.7. The number of carbonyl (C=O) groups excluding carboxylic acids is 1. The molecule has 0 spiro atoms. The van der Waals surface area contributed by atoms with Gasteiger partial charge in [-0.1, -0.05) is 0 Å². The van der Waals surface area contributed by atoms with Crippen LogP contribution in [0.5, 0.6) is 0 Å². The Morgan fingerprint density at radius 1 is 1.33 bits per heavy atom. The molecule has 1 saturated heterocycles. The zero-order chi connectivity index (χ0) is 15.5. The van der Waals surface area contributed by atoms with Crippen molar-refractivity contribution in [2.45, 2.75) is 27.3 Å². The standard InChI is InChI=1S/C15H24N4O2/c1-15(2,3)14(20)21-19-8-6-18(7-9-19)11-13-10-12(16)4-5-17-13/h4-5,10H,6-9,11H2,1-3H3,(H2,16,17). The maximum atomic E-state index is 11.8. The second-order valence-corrected chi connectivity index (χ2v) is 6.41. The average molecular weight is 292 g/mol. The first kappa shape index (κ1) is 15.7. The fraction of sp³-hybridized carbons (Fsp3) is 0.600. The molecular formula is C15H24N4O2. The van der Waals surface area contributed by atoms with Crippen molar-refractivity contribution in [2.24, 2.45) is 5.41 Å². The molecule has 0 aromatic carbocycles. The number of nitrogens with zero attached hydrogens (tertiary/aromatic N) is 3. The van der Waals surface area contributed by atoms with Crippen LogP contribution >= 0.6 is 0 Å². The van der Waals surface area contributed by atoms with Gasteiger partial charge in [0.2, 0.25) is 0 Å². The maximum absolute atomic E-state index is 11.8. The van der Waals surface area contributed by atoms with Crippen molar-refractivity contribution in [1.82, 2.24) is 14.9 Å². The van der Waals surface area contributed by atoms with Crippen LogP contribution in [-0.2, 0) is 16.2 Å². The molecule has 1 aliphatic rings. The fourth-order valence-corrected chi connectivity index (χ4v) is 2.05. The summed E-state index contributed by atoms with van der Waals surface area (Å²) in [5, 5.41) is 1.75. The van der Waals surface area contributed by atoms with Gasteiger partial charge in [-0.25, -0.2) is 4.79 Å². The lowest BCUT2D eigenvalue weighted by Crippen LogP contribution is -2.47. The van der Waals surface area contributed by atoms with E-state index in [-0.39, 0.29) is 5.97 Å². The van der Waals surface area contributed by atoms with Crippen LogP contribution in [-0.4, -0.2) is 47.1 Å². The van der Waals surface area contributed by atoms with Crippen molar-refractivity contribution in [3.63, 3.8) is 0 Å². The maximum Gasteiger partial charge on any atom is 0.330 e. The van der Waals surface area contributed by atoms with E-state index in [2.05, 4.69) is 9.88 Å². The number of piperazine rings is 1. The van der Waals surface area contributed by atoms with Crippen LogP contribution in [0.4, 0.5) is 5.69 Å². The number of pyridine rings is 1. The van der Waals surface area contributed by atoms with Crippen molar-refractivity contribution >= 4 is 11.7 Å². The Hall–Kier alpha value is -1.66. The predicted molar refractivity (Wildman–Crippen MR) is 81.0 cm³/mol. The molecule has 0 unspecified atom stereocenters. The summed E-state index contributed by atoms with van der Waals surface area (Å²) >= 11 is 0. The van der Waals surface area contributed by atoms with E-state index >= 15 is 0 Å². The number of nitrogen functional groups attached to an aromatic ring is 1. The summed E-state index contributed by atoms with van der Waals surface area (Å²) in [6, 6.07) is 3.68. The van der Waals surface area contributed by atoms with Gasteiger partial charge in [0.1, 0.15) is 0 Å². The van der Waals surface area contributed by atoms with Crippen LogP contribution in [0.25, 0.3) is 0 Å². The molecule has 1 aromatic heterocycles. The molecule has 0 bridgehead atoms. The zero-order valence-corrected chi connectivity index (χ0v) is 13.0. The number of aromatic nitrogens is 1. The first-order valence-electron chi connectivity index (χ1n) is 7.25. The minimum atomic E-state index is -0.470. The van der Waals surface area contributed by atoms with E-state index in [0.29, 0.717) is 13.1 Å². The van der Waals surface area contributed by atoms with E-state index in [1.54, 1.807) is 17.3 Å². The van der Waals surface area contributed by atoms with Crippen LogP contribution in [0.3, 0.4) is 0 Å². The number of anilines is 1. The number of carbonyl (C=O) groups is 1. The van der Waals surface area contributed by atoms with Crippen LogP contribution in [0.15, 0.2) is 18.3 Å². The van der Waals surface area contributed by atoms with Crippen LogP contribution in [0, 0.1) is 5.41 Å². The fourth-order valence-electron chi connectivity index (χ4n) is 2.05. The number of hydroxylamine groups is 2. The third-order valence-corrected chi connectivity index (χ3v) is 3.38. The molecule has 116 valence electrons. The van der Waals surface area contributed by atoms with E-state index in [0.717, 1.165) is 31.0 Å². The Morgan fingerprint density at radius 3 is 2.57 bits per heavy atom. The summed E-state index contributed by atoms with van der Waals surface area (Å²) in [7, 11) is 0. The smallest absolute Gasteiger partial charge is 0.330 e. The van der Waals surface area contributed by atoms with Gasteiger partial charge < -0.3 is 10.6 Å². The topological polar surface area (TPSA) is 71.7 Å². The number of nitrogens with two attached hydrogens (primary N) is 1. The molecule has 1 aromatic rings. The van der Waals surface area contributed by atoms with Crippen LogP contribution in [0.2, 0.25) is 0 Å². The Morgan fingerprint density at radius 2 is 2.00 bits per heavy atom. The normalized spacial score (nSPS) is 17.7. The zero-order valence-electron chi connectivity index (χ0n) is 13.0. The van der Waals surface area contributed by atoms with Gasteiger partial charge in [-0.2, -0.15) is 0 Å². The molecule has 0 amide bonds. The molecule has 1 fully saturated rings. The van der Waals surface area contributed by atoms with E-state index in [1.807, 2.05) is 26.8 Å². The minimum Gasteiger partial charge on any atom is -0.399 e. The number of rotatable bonds is 3. The first-order chi connectivity index (χ1) is 9.84.